The highest BCUT2D eigenvalue weighted by atomic mass is 16.5. The van der Waals surface area contributed by atoms with Gasteiger partial charge in [0.15, 0.2) is 0 Å². The van der Waals surface area contributed by atoms with E-state index in [1.807, 2.05) is 30.3 Å². The van der Waals surface area contributed by atoms with Gasteiger partial charge in [-0.25, -0.2) is 0 Å². The Morgan fingerprint density at radius 3 is 2.88 bits per heavy atom. The Morgan fingerprint density at radius 2 is 2.12 bits per heavy atom. The highest BCUT2D eigenvalue weighted by Crippen LogP contribution is 2.13. The molecule has 0 aliphatic carbocycles. The number of nitrogens with two attached hydrogens (primary N) is 1. The Balaban J connectivity index is 2.45. The number of pyridine rings is 1. The van der Waals surface area contributed by atoms with E-state index in [1.165, 1.54) is 0 Å². The van der Waals surface area contributed by atoms with Crippen molar-refractivity contribution >= 4 is 16.6 Å². The number of methoxy groups -OCH3 is 1. The molecular formula is C13H16N2O2. The zero-order valence-corrected chi connectivity index (χ0v) is 9.85. The van der Waals surface area contributed by atoms with Crippen LogP contribution in [0.4, 0.5) is 5.82 Å². The van der Waals surface area contributed by atoms with Crippen molar-refractivity contribution in [3.8, 4) is 0 Å². The second kappa shape index (κ2) is 5.01. The lowest BCUT2D eigenvalue weighted by atomic mass is 10.1. The van der Waals surface area contributed by atoms with Crippen LogP contribution in [0.15, 0.2) is 35.1 Å². The van der Waals surface area contributed by atoms with Gasteiger partial charge < -0.3 is 10.5 Å². The lowest BCUT2D eigenvalue weighted by Gasteiger charge is -2.10. The molecular weight excluding hydrogens is 216 g/mol. The lowest BCUT2D eigenvalue weighted by molar-refractivity contribution is 0.190. The van der Waals surface area contributed by atoms with E-state index in [0.29, 0.717) is 24.4 Å². The van der Waals surface area contributed by atoms with Gasteiger partial charge in [0.2, 0.25) is 0 Å². The van der Waals surface area contributed by atoms with Gasteiger partial charge in [0.25, 0.3) is 5.56 Å². The fourth-order valence-electron chi connectivity index (χ4n) is 1.92. The van der Waals surface area contributed by atoms with Gasteiger partial charge in [0.1, 0.15) is 5.82 Å². The second-order valence-corrected chi connectivity index (χ2v) is 3.96. The zero-order valence-electron chi connectivity index (χ0n) is 9.85. The fraction of sp³-hybridized carbons (Fsp3) is 0.308. The molecule has 1 aromatic carbocycles. The molecule has 2 N–H and O–H groups in total. The Kier molecular flexibility index (Phi) is 3.44. The van der Waals surface area contributed by atoms with Crippen LogP contribution in [0.25, 0.3) is 10.8 Å². The van der Waals surface area contributed by atoms with Crippen molar-refractivity contribution in [2.24, 2.45) is 0 Å². The van der Waals surface area contributed by atoms with E-state index in [0.717, 1.165) is 11.8 Å². The summed E-state index contributed by atoms with van der Waals surface area (Å²) >= 11 is 0. The summed E-state index contributed by atoms with van der Waals surface area (Å²) in [6.07, 6.45) is 0.777. The minimum absolute atomic E-state index is 0.0308. The van der Waals surface area contributed by atoms with Gasteiger partial charge in [-0.1, -0.05) is 18.2 Å². The third-order valence-electron chi connectivity index (χ3n) is 2.78. The van der Waals surface area contributed by atoms with Crippen LogP contribution in [0.1, 0.15) is 6.42 Å². The molecule has 0 spiro atoms. The highest BCUT2D eigenvalue weighted by molar-refractivity contribution is 5.83. The first kappa shape index (κ1) is 11.7. The summed E-state index contributed by atoms with van der Waals surface area (Å²) in [6, 6.07) is 9.32. The molecule has 2 rings (SSSR count). The number of hydrogen-bond donors (Lipinski definition) is 1. The first-order valence-electron chi connectivity index (χ1n) is 5.61. The summed E-state index contributed by atoms with van der Waals surface area (Å²) < 4.78 is 6.57. The Hall–Kier alpha value is -1.81. The van der Waals surface area contributed by atoms with E-state index in [2.05, 4.69) is 0 Å². The van der Waals surface area contributed by atoms with Crippen molar-refractivity contribution in [3.05, 3.63) is 40.7 Å². The minimum Gasteiger partial charge on any atom is -0.385 e. The van der Waals surface area contributed by atoms with Crippen molar-refractivity contribution in [1.82, 2.24) is 4.57 Å². The molecule has 0 radical (unpaired) electrons. The van der Waals surface area contributed by atoms with Crippen LogP contribution in [0.3, 0.4) is 0 Å². The largest absolute Gasteiger partial charge is 0.385 e. The van der Waals surface area contributed by atoms with Crippen molar-refractivity contribution < 1.29 is 4.74 Å². The van der Waals surface area contributed by atoms with Gasteiger partial charge in [-0.05, 0) is 23.9 Å². The van der Waals surface area contributed by atoms with Gasteiger partial charge in [0, 0.05) is 25.6 Å². The first-order valence-corrected chi connectivity index (χ1v) is 5.61. The molecule has 1 aromatic heterocycles. The molecule has 0 unspecified atom stereocenters. The molecule has 1 heterocycles. The van der Waals surface area contributed by atoms with Crippen molar-refractivity contribution in [2.75, 3.05) is 19.5 Å². The third kappa shape index (κ3) is 2.31. The van der Waals surface area contributed by atoms with Gasteiger partial charge in [-0.15, -0.1) is 0 Å². The van der Waals surface area contributed by atoms with E-state index < -0.39 is 0 Å². The molecule has 0 aliphatic rings. The van der Waals surface area contributed by atoms with E-state index in [4.69, 9.17) is 10.5 Å². The summed E-state index contributed by atoms with van der Waals surface area (Å²) in [5, 5.41) is 1.59. The molecule has 17 heavy (non-hydrogen) atoms. The number of aromatic nitrogens is 1. The van der Waals surface area contributed by atoms with Crippen LogP contribution in [0.2, 0.25) is 0 Å². The topological polar surface area (TPSA) is 57.2 Å². The molecule has 0 bridgehead atoms. The van der Waals surface area contributed by atoms with Crippen LogP contribution >= 0.6 is 0 Å². The van der Waals surface area contributed by atoms with Crippen molar-refractivity contribution in [1.29, 1.82) is 0 Å². The van der Waals surface area contributed by atoms with Gasteiger partial charge in [-0.3, -0.25) is 9.36 Å². The van der Waals surface area contributed by atoms with Crippen LogP contribution in [0, 0.1) is 0 Å². The number of benzene rings is 1. The van der Waals surface area contributed by atoms with Crippen molar-refractivity contribution in [2.45, 2.75) is 13.0 Å². The van der Waals surface area contributed by atoms with Gasteiger partial charge >= 0.3 is 0 Å². The second-order valence-electron chi connectivity index (χ2n) is 3.96. The van der Waals surface area contributed by atoms with E-state index in [-0.39, 0.29) is 5.56 Å². The van der Waals surface area contributed by atoms with Crippen molar-refractivity contribution in [3.63, 3.8) is 0 Å². The summed E-state index contributed by atoms with van der Waals surface area (Å²) in [5.41, 5.74) is 5.86. The zero-order chi connectivity index (χ0) is 12.3. The molecule has 2 aromatic rings. The van der Waals surface area contributed by atoms with E-state index in [9.17, 15) is 4.79 Å². The molecule has 4 nitrogen and oxygen atoms in total. The predicted octanol–water partition coefficient (Wildman–Crippen LogP) is 1.62. The number of ether oxygens (including phenoxy) is 1. The van der Waals surface area contributed by atoms with Crippen LogP contribution in [-0.4, -0.2) is 18.3 Å². The normalized spacial score (nSPS) is 10.9. The Labute approximate surface area is 99.6 Å². The summed E-state index contributed by atoms with van der Waals surface area (Å²) in [4.78, 5) is 12.2. The molecule has 0 fully saturated rings. The Bertz CT molecular complexity index is 575. The van der Waals surface area contributed by atoms with Gasteiger partial charge in [-0.2, -0.15) is 0 Å². The fourth-order valence-corrected chi connectivity index (χ4v) is 1.92. The standard InChI is InChI=1S/C13H16N2O2/c1-17-8-4-7-15-12(14)9-10-5-2-3-6-11(10)13(15)16/h2-3,5-6,9H,4,7-8,14H2,1H3. The number of nitrogens with zero attached hydrogens (tertiary/aromatic N) is 1. The predicted molar refractivity (Wildman–Crippen MR) is 69.1 cm³/mol. The lowest BCUT2D eigenvalue weighted by Crippen LogP contribution is -2.23. The average molecular weight is 232 g/mol. The highest BCUT2D eigenvalue weighted by Gasteiger charge is 2.05. The van der Waals surface area contributed by atoms with E-state index in [1.54, 1.807) is 11.7 Å². The smallest absolute Gasteiger partial charge is 0.259 e. The van der Waals surface area contributed by atoms with Crippen LogP contribution in [-0.2, 0) is 11.3 Å². The molecule has 0 atom stereocenters. The molecule has 0 saturated heterocycles. The molecule has 0 saturated carbocycles. The van der Waals surface area contributed by atoms with Crippen LogP contribution in [0.5, 0.6) is 0 Å². The number of hydrogen-bond acceptors (Lipinski definition) is 3. The maximum Gasteiger partial charge on any atom is 0.259 e. The molecule has 0 aliphatic heterocycles. The minimum atomic E-state index is -0.0308. The number of fused-ring (bicyclic) bond motifs is 1. The first-order chi connectivity index (χ1) is 8.24. The number of anilines is 1. The van der Waals surface area contributed by atoms with Gasteiger partial charge in [0.05, 0.1) is 0 Å². The third-order valence-corrected chi connectivity index (χ3v) is 2.78. The summed E-state index contributed by atoms with van der Waals surface area (Å²) in [6.45, 7) is 1.21. The molecule has 4 heteroatoms. The molecule has 0 amide bonds. The maximum atomic E-state index is 12.2. The average Bonchev–Trinajstić information content (AvgIpc) is 2.33. The quantitative estimate of drug-likeness (QED) is 0.815. The van der Waals surface area contributed by atoms with Crippen LogP contribution < -0.4 is 11.3 Å². The Morgan fingerprint density at radius 1 is 1.35 bits per heavy atom. The summed E-state index contributed by atoms with van der Waals surface area (Å²) in [7, 11) is 1.65. The van der Waals surface area contributed by atoms with E-state index >= 15 is 0 Å². The SMILES string of the molecule is COCCCn1c(N)cc2ccccc2c1=O. The number of rotatable bonds is 4. The monoisotopic (exact) mass is 232 g/mol. The molecule has 90 valence electrons. The number of nitrogen functional groups attached to an aromatic ring is 1. The summed E-state index contributed by atoms with van der Waals surface area (Å²) in [5.74, 6) is 0.504. The maximum absolute atomic E-state index is 12.2.